The highest BCUT2D eigenvalue weighted by Gasteiger charge is 2.42. The van der Waals surface area contributed by atoms with Crippen LogP contribution in [0.1, 0.15) is 21.8 Å². The van der Waals surface area contributed by atoms with Crippen LogP contribution in [0.5, 0.6) is 11.5 Å². The molecule has 0 spiro atoms. The van der Waals surface area contributed by atoms with E-state index in [1.807, 2.05) is 0 Å². The molecule has 0 amide bonds. The number of cyclic esters (lactones) is 1. The molecule has 2 aromatic carbocycles. The number of hydrogen-bond donors (Lipinski definition) is 0. The second kappa shape index (κ2) is 8.03. The van der Waals surface area contributed by atoms with Gasteiger partial charge < -0.3 is 14.2 Å². The Morgan fingerprint density at radius 2 is 1.48 bits per heavy atom. The van der Waals surface area contributed by atoms with Gasteiger partial charge in [-0.1, -0.05) is 35.3 Å². The van der Waals surface area contributed by atoms with Crippen molar-refractivity contribution in [3.8, 4) is 11.5 Å². The molecule has 0 saturated carbocycles. The fraction of sp³-hybridized carbons (Fsp3) is 0.200. The van der Waals surface area contributed by atoms with Gasteiger partial charge >= 0.3 is 5.97 Å². The maximum Gasteiger partial charge on any atom is 0.351 e. The van der Waals surface area contributed by atoms with Crippen LogP contribution in [0.25, 0.3) is 0 Å². The van der Waals surface area contributed by atoms with Crippen LogP contribution in [0.2, 0.25) is 0 Å². The first kappa shape index (κ1) is 19.3. The Hall–Kier alpha value is -2.50. The summed E-state index contributed by atoms with van der Waals surface area (Å²) in [6.45, 7) is 0. The van der Waals surface area contributed by atoms with Crippen LogP contribution in [0.4, 0.5) is 0 Å². The molecule has 0 saturated heterocycles. The predicted octanol–water partition coefficient (Wildman–Crippen LogP) is 4.28. The SMILES string of the molecule is COc1ccc(C(=O)[C@H](c2ccc(OC)cc2)[C@@H]2OC(=O)C(Cl)=C2Cl)cc1. The second-order valence-electron chi connectivity index (χ2n) is 5.83. The third kappa shape index (κ3) is 3.80. The first-order chi connectivity index (χ1) is 13.0. The molecule has 140 valence electrons. The Labute approximate surface area is 166 Å². The number of hydrogen-bond acceptors (Lipinski definition) is 5. The number of benzene rings is 2. The molecule has 2 atom stereocenters. The Morgan fingerprint density at radius 1 is 0.963 bits per heavy atom. The summed E-state index contributed by atoms with van der Waals surface area (Å²) in [7, 11) is 3.09. The van der Waals surface area contributed by atoms with E-state index in [1.54, 1.807) is 62.8 Å². The summed E-state index contributed by atoms with van der Waals surface area (Å²) in [5.41, 5.74) is 1.05. The predicted molar refractivity (Wildman–Crippen MR) is 102 cm³/mol. The van der Waals surface area contributed by atoms with Crippen molar-refractivity contribution < 1.29 is 23.8 Å². The van der Waals surface area contributed by atoms with E-state index in [2.05, 4.69) is 0 Å². The molecular formula is C20H16Cl2O5. The lowest BCUT2D eigenvalue weighted by Crippen LogP contribution is -2.28. The van der Waals surface area contributed by atoms with E-state index in [-0.39, 0.29) is 15.8 Å². The van der Waals surface area contributed by atoms with Gasteiger partial charge in [-0.3, -0.25) is 4.79 Å². The van der Waals surface area contributed by atoms with Crippen LogP contribution in [-0.4, -0.2) is 32.1 Å². The molecule has 2 aromatic rings. The zero-order valence-corrected chi connectivity index (χ0v) is 16.1. The highest BCUT2D eigenvalue weighted by atomic mass is 35.5. The van der Waals surface area contributed by atoms with Gasteiger partial charge in [0, 0.05) is 5.56 Å². The number of halogens is 2. The van der Waals surface area contributed by atoms with Gasteiger partial charge in [0.05, 0.1) is 25.2 Å². The highest BCUT2D eigenvalue weighted by Crippen LogP contribution is 2.39. The Bertz CT molecular complexity index is 888. The molecule has 1 aliphatic rings. The summed E-state index contributed by atoms with van der Waals surface area (Å²) in [5.74, 6) is -0.590. The molecule has 5 nitrogen and oxygen atoms in total. The summed E-state index contributed by atoms with van der Waals surface area (Å²) in [6.07, 6.45) is -0.991. The molecule has 0 aliphatic carbocycles. The molecule has 27 heavy (non-hydrogen) atoms. The molecular weight excluding hydrogens is 391 g/mol. The fourth-order valence-corrected chi connectivity index (χ4v) is 3.27. The Morgan fingerprint density at radius 3 is 1.93 bits per heavy atom. The third-order valence-electron chi connectivity index (χ3n) is 4.31. The van der Waals surface area contributed by atoms with Gasteiger partial charge in [-0.15, -0.1) is 0 Å². The lowest BCUT2D eigenvalue weighted by molar-refractivity contribution is -0.139. The lowest BCUT2D eigenvalue weighted by atomic mass is 9.86. The number of esters is 1. The third-order valence-corrected chi connectivity index (χ3v) is 5.17. The minimum Gasteiger partial charge on any atom is -0.497 e. The number of ketones is 1. The minimum absolute atomic E-state index is 0.0179. The fourth-order valence-electron chi connectivity index (χ4n) is 2.87. The largest absolute Gasteiger partial charge is 0.497 e. The molecule has 0 unspecified atom stereocenters. The summed E-state index contributed by atoms with van der Waals surface area (Å²) >= 11 is 12.1. The van der Waals surface area contributed by atoms with Crippen molar-refractivity contribution in [2.45, 2.75) is 12.0 Å². The zero-order valence-electron chi connectivity index (χ0n) is 14.6. The molecule has 1 aliphatic heterocycles. The van der Waals surface area contributed by atoms with Crippen LogP contribution in [0.3, 0.4) is 0 Å². The minimum atomic E-state index is -0.991. The van der Waals surface area contributed by atoms with E-state index in [9.17, 15) is 9.59 Å². The number of carbonyl (C=O) groups excluding carboxylic acids is 2. The standard InChI is InChI=1S/C20H16Cl2O5/c1-25-13-7-3-11(4-8-13)15(19-16(21)17(22)20(24)27-19)18(23)12-5-9-14(26-2)10-6-12/h3-10,15,19H,1-2H3/t15-,19-/m0/s1. The topological polar surface area (TPSA) is 61.8 Å². The molecule has 0 aromatic heterocycles. The van der Waals surface area contributed by atoms with Crippen molar-refractivity contribution in [2.75, 3.05) is 14.2 Å². The number of ether oxygens (including phenoxy) is 3. The Balaban J connectivity index is 2.03. The van der Waals surface area contributed by atoms with Gasteiger partial charge in [-0.25, -0.2) is 4.79 Å². The van der Waals surface area contributed by atoms with Crippen molar-refractivity contribution in [3.63, 3.8) is 0 Å². The van der Waals surface area contributed by atoms with Crippen LogP contribution in [0, 0.1) is 0 Å². The smallest absolute Gasteiger partial charge is 0.351 e. The van der Waals surface area contributed by atoms with Crippen molar-refractivity contribution in [1.29, 1.82) is 0 Å². The number of Topliss-reactive ketones (excluding diaryl/α,β-unsaturated/α-hetero) is 1. The van der Waals surface area contributed by atoms with E-state index in [1.165, 1.54) is 0 Å². The van der Waals surface area contributed by atoms with E-state index in [4.69, 9.17) is 37.4 Å². The van der Waals surface area contributed by atoms with E-state index >= 15 is 0 Å². The van der Waals surface area contributed by atoms with E-state index in [0.717, 1.165) is 0 Å². The van der Waals surface area contributed by atoms with Crippen molar-refractivity contribution in [1.82, 2.24) is 0 Å². The molecule has 0 N–H and O–H groups in total. The first-order valence-electron chi connectivity index (χ1n) is 8.04. The van der Waals surface area contributed by atoms with Crippen molar-refractivity contribution in [2.24, 2.45) is 0 Å². The van der Waals surface area contributed by atoms with E-state index in [0.29, 0.717) is 22.6 Å². The number of methoxy groups -OCH3 is 2. The van der Waals surface area contributed by atoms with Crippen LogP contribution in [0.15, 0.2) is 58.6 Å². The van der Waals surface area contributed by atoms with Gasteiger partial charge in [0.1, 0.15) is 16.5 Å². The average Bonchev–Trinajstić information content (AvgIpc) is 2.96. The summed E-state index contributed by atoms with van der Waals surface area (Å²) in [6, 6.07) is 13.6. The summed E-state index contributed by atoms with van der Waals surface area (Å²) in [4.78, 5) is 25.1. The molecule has 7 heteroatoms. The maximum atomic E-state index is 13.3. The quantitative estimate of drug-likeness (QED) is 0.528. The van der Waals surface area contributed by atoms with Crippen LogP contribution >= 0.6 is 23.2 Å². The highest BCUT2D eigenvalue weighted by molar-refractivity contribution is 6.48. The first-order valence-corrected chi connectivity index (χ1v) is 8.80. The van der Waals surface area contributed by atoms with Crippen molar-refractivity contribution in [3.05, 3.63) is 69.7 Å². The monoisotopic (exact) mass is 406 g/mol. The number of rotatable bonds is 6. The van der Waals surface area contributed by atoms with Gasteiger partial charge in [0.25, 0.3) is 0 Å². The van der Waals surface area contributed by atoms with Crippen molar-refractivity contribution >= 4 is 35.0 Å². The van der Waals surface area contributed by atoms with E-state index < -0.39 is 18.0 Å². The second-order valence-corrected chi connectivity index (χ2v) is 6.62. The zero-order chi connectivity index (χ0) is 19.6. The average molecular weight is 407 g/mol. The maximum absolute atomic E-state index is 13.3. The van der Waals surface area contributed by atoms with Gasteiger partial charge in [-0.2, -0.15) is 0 Å². The summed E-state index contributed by atoms with van der Waals surface area (Å²) < 4.78 is 15.6. The Kier molecular flexibility index (Phi) is 5.73. The normalized spacial score (nSPS) is 17.5. The van der Waals surface area contributed by atoms with Crippen LogP contribution in [-0.2, 0) is 9.53 Å². The number of carbonyl (C=O) groups is 2. The van der Waals surface area contributed by atoms with Crippen LogP contribution < -0.4 is 9.47 Å². The molecule has 0 fully saturated rings. The molecule has 1 heterocycles. The lowest BCUT2D eigenvalue weighted by Gasteiger charge is -2.23. The molecule has 3 rings (SSSR count). The summed E-state index contributed by atoms with van der Waals surface area (Å²) in [5, 5.41) is -0.188. The van der Waals surface area contributed by atoms with Gasteiger partial charge in [0.15, 0.2) is 11.9 Å². The molecule has 0 radical (unpaired) electrons. The molecule has 0 bridgehead atoms. The van der Waals surface area contributed by atoms with Gasteiger partial charge in [-0.05, 0) is 42.0 Å². The van der Waals surface area contributed by atoms with Gasteiger partial charge in [0.2, 0.25) is 0 Å².